The molecular weight excluding hydrogens is 286 g/mol. The second-order valence-electron chi connectivity index (χ2n) is 3.56. The summed E-state index contributed by atoms with van der Waals surface area (Å²) in [6.45, 7) is 0. The molecular formula is C12H8ClN3O2S. The first-order valence-electron chi connectivity index (χ1n) is 5.17. The average Bonchev–Trinajstić information content (AvgIpc) is 2.38. The average molecular weight is 294 g/mol. The van der Waals surface area contributed by atoms with E-state index >= 15 is 0 Å². The molecule has 1 aromatic carbocycles. The lowest BCUT2D eigenvalue weighted by Crippen LogP contribution is -2.15. The van der Waals surface area contributed by atoms with Gasteiger partial charge in [-0.1, -0.05) is 29.8 Å². The first kappa shape index (κ1) is 13.3. The minimum Gasteiger partial charge on any atom is -0.263 e. The number of nitrogens with zero attached hydrogens (tertiary/aromatic N) is 2. The van der Waals surface area contributed by atoms with Crippen molar-refractivity contribution < 1.29 is 8.42 Å². The molecule has 0 saturated carbocycles. The smallest absolute Gasteiger partial charge is 0.263 e. The van der Waals surface area contributed by atoms with Crippen LogP contribution in [-0.4, -0.2) is 13.4 Å². The summed E-state index contributed by atoms with van der Waals surface area (Å²) in [5.41, 5.74) is 0.0667. The van der Waals surface area contributed by atoms with Crippen molar-refractivity contribution >= 4 is 27.4 Å². The van der Waals surface area contributed by atoms with Crippen LogP contribution < -0.4 is 4.72 Å². The molecule has 1 aromatic heterocycles. The van der Waals surface area contributed by atoms with Crippen molar-refractivity contribution in [2.45, 2.75) is 4.90 Å². The summed E-state index contributed by atoms with van der Waals surface area (Å²) >= 11 is 5.68. The number of nitriles is 1. The van der Waals surface area contributed by atoms with Gasteiger partial charge in [-0.15, -0.1) is 0 Å². The van der Waals surface area contributed by atoms with Crippen LogP contribution in [0.15, 0.2) is 47.4 Å². The van der Waals surface area contributed by atoms with E-state index in [9.17, 15) is 8.42 Å². The number of hydrogen-bond donors (Lipinski definition) is 1. The van der Waals surface area contributed by atoms with E-state index in [2.05, 4.69) is 9.71 Å². The maximum atomic E-state index is 12.1. The zero-order chi connectivity index (χ0) is 13.9. The van der Waals surface area contributed by atoms with E-state index in [1.165, 1.54) is 24.3 Å². The molecule has 19 heavy (non-hydrogen) atoms. The minimum absolute atomic E-state index is 0.0667. The number of hydrogen-bond acceptors (Lipinski definition) is 4. The zero-order valence-corrected chi connectivity index (χ0v) is 11.1. The van der Waals surface area contributed by atoms with Crippen LogP contribution in [0.5, 0.6) is 0 Å². The Morgan fingerprint density at radius 1 is 1.16 bits per heavy atom. The highest BCUT2D eigenvalue weighted by molar-refractivity contribution is 7.92. The van der Waals surface area contributed by atoms with Gasteiger partial charge in [-0.2, -0.15) is 5.26 Å². The predicted octanol–water partition coefficient (Wildman–Crippen LogP) is 2.41. The molecule has 1 heterocycles. The molecule has 5 nitrogen and oxygen atoms in total. The number of aromatic nitrogens is 1. The Morgan fingerprint density at radius 3 is 2.58 bits per heavy atom. The fourth-order valence-corrected chi connectivity index (χ4v) is 2.77. The van der Waals surface area contributed by atoms with Gasteiger partial charge in [0.2, 0.25) is 0 Å². The molecule has 96 valence electrons. The van der Waals surface area contributed by atoms with Crippen LogP contribution in [0.1, 0.15) is 5.56 Å². The van der Waals surface area contributed by atoms with Crippen molar-refractivity contribution in [3.8, 4) is 6.07 Å². The van der Waals surface area contributed by atoms with E-state index in [1.807, 2.05) is 6.07 Å². The summed E-state index contributed by atoms with van der Waals surface area (Å²) in [6.07, 6.45) is 0. The molecule has 0 aliphatic rings. The summed E-state index contributed by atoms with van der Waals surface area (Å²) in [7, 11) is -3.87. The van der Waals surface area contributed by atoms with Crippen LogP contribution in [0.3, 0.4) is 0 Å². The summed E-state index contributed by atoms with van der Waals surface area (Å²) in [6, 6.07) is 12.3. The molecule has 0 fully saturated rings. The zero-order valence-electron chi connectivity index (χ0n) is 9.54. The second kappa shape index (κ2) is 5.26. The molecule has 0 atom stereocenters. The van der Waals surface area contributed by atoms with Gasteiger partial charge >= 0.3 is 0 Å². The molecule has 7 heteroatoms. The molecule has 1 N–H and O–H groups in total. The summed E-state index contributed by atoms with van der Waals surface area (Å²) in [5.74, 6) is 0.0974. The Bertz CT molecular complexity index is 754. The molecule has 0 amide bonds. The van der Waals surface area contributed by atoms with Gasteiger partial charge in [0, 0.05) is 0 Å². The lowest BCUT2D eigenvalue weighted by Gasteiger charge is -2.08. The lowest BCUT2D eigenvalue weighted by atomic mass is 10.2. The number of benzene rings is 1. The Morgan fingerprint density at radius 2 is 1.89 bits per heavy atom. The maximum absolute atomic E-state index is 12.1. The number of rotatable bonds is 3. The van der Waals surface area contributed by atoms with Gasteiger partial charge in [0.1, 0.15) is 21.9 Å². The first-order chi connectivity index (χ1) is 9.03. The maximum Gasteiger partial charge on any atom is 0.264 e. The highest BCUT2D eigenvalue weighted by Gasteiger charge is 2.18. The fraction of sp³-hybridized carbons (Fsp3) is 0. The number of sulfonamides is 1. The monoisotopic (exact) mass is 293 g/mol. The van der Waals surface area contributed by atoms with Gasteiger partial charge in [-0.25, -0.2) is 13.4 Å². The van der Waals surface area contributed by atoms with Gasteiger partial charge in [-0.3, -0.25) is 4.72 Å². The van der Waals surface area contributed by atoms with Crippen molar-refractivity contribution in [2.24, 2.45) is 0 Å². The van der Waals surface area contributed by atoms with E-state index in [1.54, 1.807) is 18.2 Å². The largest absolute Gasteiger partial charge is 0.264 e. The Labute approximate surface area is 115 Å². The summed E-state index contributed by atoms with van der Waals surface area (Å²) in [5, 5.41) is 9.09. The van der Waals surface area contributed by atoms with Crippen LogP contribution in [-0.2, 0) is 10.0 Å². The summed E-state index contributed by atoms with van der Waals surface area (Å²) < 4.78 is 26.6. The Balaban J connectivity index is 2.41. The number of anilines is 1. The summed E-state index contributed by atoms with van der Waals surface area (Å²) in [4.78, 5) is 3.73. The minimum atomic E-state index is -3.87. The van der Waals surface area contributed by atoms with E-state index in [4.69, 9.17) is 16.9 Å². The van der Waals surface area contributed by atoms with Crippen LogP contribution in [0, 0.1) is 11.3 Å². The molecule has 0 aliphatic heterocycles. The number of pyridine rings is 1. The van der Waals surface area contributed by atoms with E-state index in [0.29, 0.717) is 0 Å². The van der Waals surface area contributed by atoms with Crippen molar-refractivity contribution in [3.05, 3.63) is 53.2 Å². The van der Waals surface area contributed by atoms with E-state index in [0.717, 1.165) is 0 Å². The van der Waals surface area contributed by atoms with Crippen LogP contribution >= 0.6 is 11.6 Å². The van der Waals surface area contributed by atoms with Crippen LogP contribution in [0.2, 0.25) is 5.15 Å². The van der Waals surface area contributed by atoms with Gasteiger partial charge in [0.05, 0.1) is 5.56 Å². The third-order valence-electron chi connectivity index (χ3n) is 2.25. The molecule has 0 saturated heterocycles. The van der Waals surface area contributed by atoms with Crippen molar-refractivity contribution in [3.63, 3.8) is 0 Å². The number of halogens is 1. The van der Waals surface area contributed by atoms with Crippen molar-refractivity contribution in [1.82, 2.24) is 4.98 Å². The fourth-order valence-electron chi connectivity index (χ4n) is 1.45. The quantitative estimate of drug-likeness (QED) is 0.881. The first-order valence-corrected chi connectivity index (χ1v) is 7.03. The molecule has 0 bridgehead atoms. The SMILES string of the molecule is N#Cc1ccccc1S(=O)(=O)Nc1cccc(Cl)n1. The van der Waals surface area contributed by atoms with Gasteiger partial charge in [-0.05, 0) is 24.3 Å². The van der Waals surface area contributed by atoms with Gasteiger partial charge in [0.15, 0.2) is 0 Å². The van der Waals surface area contributed by atoms with Crippen LogP contribution in [0.4, 0.5) is 5.82 Å². The van der Waals surface area contributed by atoms with E-state index in [-0.39, 0.29) is 21.4 Å². The standard InChI is InChI=1S/C12H8ClN3O2S/c13-11-6-3-7-12(15-11)16-19(17,18)10-5-2-1-4-9(10)8-14/h1-7H,(H,15,16). The van der Waals surface area contributed by atoms with Crippen LogP contribution in [0.25, 0.3) is 0 Å². The van der Waals surface area contributed by atoms with E-state index < -0.39 is 10.0 Å². The molecule has 2 aromatic rings. The predicted molar refractivity (Wildman–Crippen MR) is 71.2 cm³/mol. The highest BCUT2D eigenvalue weighted by atomic mass is 35.5. The van der Waals surface area contributed by atoms with Gasteiger partial charge < -0.3 is 0 Å². The topological polar surface area (TPSA) is 82.8 Å². The number of nitrogens with one attached hydrogen (secondary N) is 1. The Kier molecular flexibility index (Phi) is 3.69. The molecule has 0 aliphatic carbocycles. The molecule has 0 radical (unpaired) electrons. The van der Waals surface area contributed by atoms with Gasteiger partial charge in [0.25, 0.3) is 10.0 Å². The second-order valence-corrected chi connectivity index (χ2v) is 5.60. The van der Waals surface area contributed by atoms with Crippen molar-refractivity contribution in [1.29, 1.82) is 5.26 Å². The van der Waals surface area contributed by atoms with Crippen molar-refractivity contribution in [2.75, 3.05) is 4.72 Å². The molecule has 2 rings (SSSR count). The third-order valence-corrected chi connectivity index (χ3v) is 3.87. The Hall–Kier alpha value is -2.10. The molecule has 0 unspecified atom stereocenters. The third kappa shape index (κ3) is 3.02. The lowest BCUT2D eigenvalue weighted by molar-refractivity contribution is 0.601. The normalized spacial score (nSPS) is 10.7. The highest BCUT2D eigenvalue weighted by Crippen LogP contribution is 2.18. The molecule has 0 spiro atoms.